The molecule has 0 bridgehead atoms. The Labute approximate surface area is 104 Å². The molecule has 1 aliphatic heterocycles. The summed E-state index contributed by atoms with van der Waals surface area (Å²) in [5.41, 5.74) is -0.133. The zero-order chi connectivity index (χ0) is 13.3. The molecular weight excluding hydrogens is 238 g/mol. The lowest BCUT2D eigenvalue weighted by molar-refractivity contribution is 0.0966. The Morgan fingerprint density at radius 1 is 1.39 bits per heavy atom. The minimum absolute atomic E-state index is 0.0288. The van der Waals surface area contributed by atoms with Crippen molar-refractivity contribution in [3.05, 3.63) is 29.3 Å². The van der Waals surface area contributed by atoms with Crippen LogP contribution in [0.15, 0.2) is 12.1 Å². The van der Waals surface area contributed by atoms with Gasteiger partial charge in [-0.2, -0.15) is 5.26 Å². The van der Waals surface area contributed by atoms with Crippen molar-refractivity contribution in [2.24, 2.45) is 5.92 Å². The number of nitrogens with zero attached hydrogens (tertiary/aromatic N) is 2. The summed E-state index contributed by atoms with van der Waals surface area (Å²) in [5, 5.41) is 18.2. The highest BCUT2D eigenvalue weighted by Crippen LogP contribution is 2.29. The molecule has 0 radical (unpaired) electrons. The smallest absolute Gasteiger partial charge is 0.150 e. The zero-order valence-electron chi connectivity index (χ0n) is 10.0. The van der Waals surface area contributed by atoms with Gasteiger partial charge in [-0.3, -0.25) is 0 Å². The van der Waals surface area contributed by atoms with Crippen molar-refractivity contribution in [2.45, 2.75) is 19.4 Å². The normalized spacial score (nSPS) is 23.8. The van der Waals surface area contributed by atoms with Crippen LogP contribution in [0.25, 0.3) is 0 Å². The van der Waals surface area contributed by atoms with Gasteiger partial charge >= 0.3 is 0 Å². The second kappa shape index (κ2) is 4.91. The number of aliphatic hydroxyl groups excluding tert-OH is 1. The van der Waals surface area contributed by atoms with Crippen molar-refractivity contribution in [2.75, 3.05) is 18.0 Å². The van der Waals surface area contributed by atoms with Gasteiger partial charge in [0.05, 0.1) is 17.7 Å². The highest BCUT2D eigenvalue weighted by Gasteiger charge is 2.27. The van der Waals surface area contributed by atoms with E-state index in [1.807, 2.05) is 6.92 Å². The zero-order valence-corrected chi connectivity index (χ0v) is 10.0. The van der Waals surface area contributed by atoms with Gasteiger partial charge in [0.25, 0.3) is 0 Å². The summed E-state index contributed by atoms with van der Waals surface area (Å²) < 4.78 is 27.6. The fraction of sp³-hybridized carbons (Fsp3) is 0.462. The van der Waals surface area contributed by atoms with E-state index in [-0.39, 0.29) is 17.2 Å². The van der Waals surface area contributed by atoms with Gasteiger partial charge in [0.2, 0.25) is 0 Å². The maximum atomic E-state index is 13.8. The molecule has 2 unspecified atom stereocenters. The highest BCUT2D eigenvalue weighted by molar-refractivity contribution is 5.53. The number of anilines is 1. The van der Waals surface area contributed by atoms with E-state index in [0.29, 0.717) is 19.5 Å². The molecule has 0 aromatic heterocycles. The van der Waals surface area contributed by atoms with Crippen LogP contribution in [0.1, 0.15) is 18.9 Å². The number of rotatable bonds is 1. The molecule has 18 heavy (non-hydrogen) atoms. The van der Waals surface area contributed by atoms with E-state index < -0.39 is 17.7 Å². The molecule has 0 amide bonds. The van der Waals surface area contributed by atoms with Crippen LogP contribution in [0.4, 0.5) is 14.5 Å². The van der Waals surface area contributed by atoms with Crippen molar-refractivity contribution in [1.29, 1.82) is 5.26 Å². The predicted octanol–water partition coefficient (Wildman–Crippen LogP) is 2.04. The van der Waals surface area contributed by atoms with Crippen LogP contribution in [0, 0.1) is 28.9 Å². The summed E-state index contributed by atoms with van der Waals surface area (Å²) in [6.45, 7) is 2.66. The van der Waals surface area contributed by atoms with E-state index in [1.54, 1.807) is 11.0 Å². The van der Waals surface area contributed by atoms with Gasteiger partial charge in [-0.1, -0.05) is 6.92 Å². The molecule has 1 N–H and O–H groups in total. The molecule has 3 nitrogen and oxygen atoms in total. The van der Waals surface area contributed by atoms with Crippen LogP contribution in [0.3, 0.4) is 0 Å². The van der Waals surface area contributed by atoms with Crippen LogP contribution < -0.4 is 4.90 Å². The van der Waals surface area contributed by atoms with Crippen LogP contribution in [-0.4, -0.2) is 24.3 Å². The third-order valence-corrected chi connectivity index (χ3v) is 3.32. The molecule has 1 aromatic rings. The van der Waals surface area contributed by atoms with Crippen molar-refractivity contribution < 1.29 is 13.9 Å². The Hall–Kier alpha value is -1.67. The molecule has 0 aliphatic carbocycles. The SMILES string of the molecule is CC1CN(c2c(F)cc(C#N)cc2F)CCC1O. The second-order valence-electron chi connectivity index (χ2n) is 4.68. The van der Waals surface area contributed by atoms with E-state index in [4.69, 9.17) is 5.26 Å². The quantitative estimate of drug-likeness (QED) is 0.832. The number of benzene rings is 1. The monoisotopic (exact) mass is 252 g/mol. The Morgan fingerprint density at radius 3 is 2.50 bits per heavy atom. The summed E-state index contributed by atoms with van der Waals surface area (Å²) in [4.78, 5) is 1.59. The maximum absolute atomic E-state index is 13.8. The van der Waals surface area contributed by atoms with Gasteiger partial charge in [-0.15, -0.1) is 0 Å². The van der Waals surface area contributed by atoms with Gasteiger partial charge in [-0.25, -0.2) is 8.78 Å². The highest BCUT2D eigenvalue weighted by atomic mass is 19.1. The third kappa shape index (κ3) is 2.29. The number of halogens is 2. The number of hydrogen-bond donors (Lipinski definition) is 1. The average molecular weight is 252 g/mol. The van der Waals surface area contributed by atoms with Gasteiger partial charge in [0.15, 0.2) is 11.6 Å². The van der Waals surface area contributed by atoms with E-state index in [2.05, 4.69) is 0 Å². The second-order valence-corrected chi connectivity index (χ2v) is 4.68. The molecule has 2 rings (SSSR count). The predicted molar refractivity (Wildman–Crippen MR) is 63.1 cm³/mol. The Bertz CT molecular complexity index is 475. The number of aliphatic hydroxyl groups is 1. The minimum atomic E-state index is -0.727. The van der Waals surface area contributed by atoms with Gasteiger partial charge in [0.1, 0.15) is 5.69 Å². The lowest BCUT2D eigenvalue weighted by Crippen LogP contribution is -2.42. The Balaban J connectivity index is 2.32. The fourth-order valence-electron chi connectivity index (χ4n) is 2.27. The molecule has 1 saturated heterocycles. The molecule has 1 aliphatic rings. The number of nitriles is 1. The molecule has 1 heterocycles. The summed E-state index contributed by atoms with van der Waals surface area (Å²) in [7, 11) is 0. The Kier molecular flexibility index (Phi) is 3.48. The first-order chi connectivity index (χ1) is 8.52. The van der Waals surface area contributed by atoms with Crippen molar-refractivity contribution in [3.63, 3.8) is 0 Å². The fourth-order valence-corrected chi connectivity index (χ4v) is 2.27. The minimum Gasteiger partial charge on any atom is -0.393 e. The number of hydrogen-bond acceptors (Lipinski definition) is 3. The van der Waals surface area contributed by atoms with Gasteiger partial charge < -0.3 is 10.0 Å². The van der Waals surface area contributed by atoms with Gasteiger partial charge in [-0.05, 0) is 24.5 Å². The summed E-state index contributed by atoms with van der Waals surface area (Å²) in [6.07, 6.45) is 0.0609. The Morgan fingerprint density at radius 2 is 2.00 bits per heavy atom. The molecule has 0 saturated carbocycles. The van der Waals surface area contributed by atoms with Crippen molar-refractivity contribution in [3.8, 4) is 6.07 Å². The first-order valence-corrected chi connectivity index (χ1v) is 5.85. The van der Waals surface area contributed by atoms with E-state index in [9.17, 15) is 13.9 Å². The van der Waals surface area contributed by atoms with Crippen LogP contribution >= 0.6 is 0 Å². The summed E-state index contributed by atoms with van der Waals surface area (Å²) in [5.74, 6) is -1.49. The van der Waals surface area contributed by atoms with Crippen LogP contribution in [-0.2, 0) is 0 Å². The molecule has 0 spiro atoms. The van der Waals surface area contributed by atoms with Gasteiger partial charge in [0, 0.05) is 13.1 Å². The van der Waals surface area contributed by atoms with Crippen LogP contribution in [0.2, 0.25) is 0 Å². The average Bonchev–Trinajstić information content (AvgIpc) is 2.32. The topological polar surface area (TPSA) is 47.3 Å². The van der Waals surface area contributed by atoms with Crippen molar-refractivity contribution >= 4 is 5.69 Å². The molecular formula is C13H14F2N2O. The maximum Gasteiger partial charge on any atom is 0.150 e. The molecule has 1 aromatic carbocycles. The van der Waals surface area contributed by atoms with E-state index in [1.165, 1.54) is 0 Å². The third-order valence-electron chi connectivity index (χ3n) is 3.32. The summed E-state index contributed by atoms with van der Waals surface area (Å²) >= 11 is 0. The first-order valence-electron chi connectivity index (χ1n) is 5.85. The lowest BCUT2D eigenvalue weighted by Gasteiger charge is -2.36. The van der Waals surface area contributed by atoms with Crippen LogP contribution in [0.5, 0.6) is 0 Å². The van der Waals surface area contributed by atoms with E-state index >= 15 is 0 Å². The summed E-state index contributed by atoms with van der Waals surface area (Å²) in [6, 6.07) is 3.79. The van der Waals surface area contributed by atoms with E-state index in [0.717, 1.165) is 12.1 Å². The largest absolute Gasteiger partial charge is 0.393 e. The van der Waals surface area contributed by atoms with Crippen molar-refractivity contribution in [1.82, 2.24) is 0 Å². The lowest BCUT2D eigenvalue weighted by atomic mass is 9.96. The number of piperidine rings is 1. The molecule has 96 valence electrons. The molecule has 5 heteroatoms. The molecule has 1 fully saturated rings. The standard InChI is InChI=1S/C13H14F2N2O/c1-8-7-17(3-2-12(8)18)13-10(14)4-9(6-16)5-11(13)15/h4-5,8,12,18H,2-3,7H2,1H3. The first kappa shape index (κ1) is 12.8. The molecule has 2 atom stereocenters.